The molecule has 3 rings (SSSR count). The Balaban J connectivity index is 2.11. The molecule has 2 unspecified atom stereocenters. The van der Waals surface area contributed by atoms with Gasteiger partial charge < -0.3 is 19.6 Å². The standard InChI is InChI=1S/C21H25N3O4/c1-22(2)21(19(26)23(3)14-10-12-15(28-5)13-11-14)18(25)16-8-6-7-9-17(16)24(4)20(21)27/h6-13,18,25H,1-5H3. The van der Waals surface area contributed by atoms with Crippen LogP contribution >= 0.6 is 0 Å². The van der Waals surface area contributed by atoms with Gasteiger partial charge in [-0.25, -0.2) is 0 Å². The molecule has 7 nitrogen and oxygen atoms in total. The number of anilines is 2. The number of hydrogen-bond acceptors (Lipinski definition) is 5. The van der Waals surface area contributed by atoms with Gasteiger partial charge in [-0.1, -0.05) is 18.2 Å². The highest BCUT2D eigenvalue weighted by molar-refractivity contribution is 6.22. The van der Waals surface area contributed by atoms with Gasteiger partial charge in [0.2, 0.25) is 5.54 Å². The Kier molecular flexibility index (Phi) is 5.14. The first kappa shape index (κ1) is 19.9. The van der Waals surface area contributed by atoms with Crippen LogP contribution in [0.15, 0.2) is 48.5 Å². The number of methoxy groups -OCH3 is 1. The van der Waals surface area contributed by atoms with Gasteiger partial charge in [-0.2, -0.15) is 0 Å². The fraction of sp³-hybridized carbons (Fsp3) is 0.333. The number of rotatable bonds is 4. The molecule has 2 amide bonds. The fourth-order valence-corrected chi connectivity index (χ4v) is 3.75. The van der Waals surface area contributed by atoms with Crippen LogP contribution in [0.3, 0.4) is 0 Å². The summed E-state index contributed by atoms with van der Waals surface area (Å²) >= 11 is 0. The lowest BCUT2D eigenvalue weighted by Gasteiger charge is -2.48. The fourth-order valence-electron chi connectivity index (χ4n) is 3.75. The zero-order valence-corrected chi connectivity index (χ0v) is 16.7. The number of para-hydroxylation sites is 1. The second-order valence-electron chi connectivity index (χ2n) is 7.05. The maximum atomic E-state index is 13.6. The van der Waals surface area contributed by atoms with Gasteiger partial charge in [-0.3, -0.25) is 14.5 Å². The summed E-state index contributed by atoms with van der Waals surface area (Å²) in [5.74, 6) is -0.329. The highest BCUT2D eigenvalue weighted by Crippen LogP contribution is 2.43. The molecular weight excluding hydrogens is 358 g/mol. The van der Waals surface area contributed by atoms with Gasteiger partial charge in [0.05, 0.1) is 7.11 Å². The smallest absolute Gasteiger partial charge is 0.260 e. The number of aliphatic hydroxyl groups is 1. The van der Waals surface area contributed by atoms with Crippen LogP contribution in [-0.2, 0) is 9.59 Å². The molecule has 0 fully saturated rings. The quantitative estimate of drug-likeness (QED) is 0.813. The molecule has 0 bridgehead atoms. The molecule has 28 heavy (non-hydrogen) atoms. The number of amides is 2. The lowest BCUT2D eigenvalue weighted by molar-refractivity contribution is -0.151. The third kappa shape index (κ3) is 2.75. The van der Waals surface area contributed by atoms with E-state index in [1.54, 1.807) is 83.8 Å². The molecule has 148 valence electrons. The van der Waals surface area contributed by atoms with Crippen molar-refractivity contribution in [2.24, 2.45) is 0 Å². The molecule has 1 N–H and O–H groups in total. The average Bonchev–Trinajstić information content (AvgIpc) is 2.71. The van der Waals surface area contributed by atoms with Crippen molar-refractivity contribution >= 4 is 23.2 Å². The third-order valence-corrected chi connectivity index (χ3v) is 5.41. The lowest BCUT2D eigenvalue weighted by Crippen LogP contribution is -2.70. The number of likely N-dealkylation sites (N-methyl/N-ethyl adjacent to an activating group) is 3. The van der Waals surface area contributed by atoms with Gasteiger partial charge in [0.25, 0.3) is 11.8 Å². The topological polar surface area (TPSA) is 73.3 Å². The van der Waals surface area contributed by atoms with Crippen molar-refractivity contribution in [3.63, 3.8) is 0 Å². The van der Waals surface area contributed by atoms with E-state index >= 15 is 0 Å². The molecule has 0 aliphatic carbocycles. The lowest BCUT2D eigenvalue weighted by atomic mass is 9.79. The van der Waals surface area contributed by atoms with E-state index in [0.29, 0.717) is 22.7 Å². The number of ether oxygens (including phenoxy) is 1. The second-order valence-corrected chi connectivity index (χ2v) is 7.05. The summed E-state index contributed by atoms with van der Waals surface area (Å²) in [6.07, 6.45) is -1.31. The van der Waals surface area contributed by atoms with E-state index in [1.807, 2.05) is 0 Å². The van der Waals surface area contributed by atoms with Crippen LogP contribution in [-0.4, -0.2) is 62.7 Å². The Morgan fingerprint density at radius 1 is 1.11 bits per heavy atom. The van der Waals surface area contributed by atoms with Crippen molar-refractivity contribution in [1.82, 2.24) is 4.90 Å². The Bertz CT molecular complexity index is 897. The van der Waals surface area contributed by atoms with E-state index in [2.05, 4.69) is 0 Å². The van der Waals surface area contributed by atoms with Gasteiger partial charge >= 0.3 is 0 Å². The van der Waals surface area contributed by atoms with E-state index in [0.717, 1.165) is 0 Å². The van der Waals surface area contributed by atoms with E-state index in [1.165, 1.54) is 14.7 Å². The minimum absolute atomic E-state index is 0.478. The normalized spacial score (nSPS) is 21.5. The summed E-state index contributed by atoms with van der Waals surface area (Å²) < 4.78 is 5.16. The van der Waals surface area contributed by atoms with E-state index in [-0.39, 0.29) is 0 Å². The molecule has 0 saturated carbocycles. The maximum absolute atomic E-state index is 13.6. The SMILES string of the molecule is COc1ccc(N(C)C(=O)C2(N(C)C)C(=O)N(C)c3ccccc3C2O)cc1. The van der Waals surface area contributed by atoms with Crippen LogP contribution in [0, 0.1) is 0 Å². The van der Waals surface area contributed by atoms with Gasteiger partial charge in [0.1, 0.15) is 11.9 Å². The molecule has 1 heterocycles. The van der Waals surface area contributed by atoms with Crippen molar-refractivity contribution in [3.8, 4) is 5.75 Å². The van der Waals surface area contributed by atoms with E-state index in [4.69, 9.17) is 4.74 Å². The molecule has 0 aromatic heterocycles. The molecule has 2 atom stereocenters. The Hall–Kier alpha value is -2.90. The summed E-state index contributed by atoms with van der Waals surface area (Å²) in [5.41, 5.74) is -0.0571. The predicted molar refractivity (Wildman–Crippen MR) is 108 cm³/mol. The monoisotopic (exact) mass is 383 g/mol. The number of benzene rings is 2. The first-order valence-corrected chi connectivity index (χ1v) is 8.91. The first-order valence-electron chi connectivity index (χ1n) is 8.91. The molecule has 0 radical (unpaired) electrons. The van der Waals surface area contributed by atoms with E-state index < -0.39 is 23.5 Å². The highest BCUT2D eigenvalue weighted by atomic mass is 16.5. The predicted octanol–water partition coefficient (Wildman–Crippen LogP) is 1.67. The molecule has 0 spiro atoms. The molecule has 1 aliphatic heterocycles. The zero-order chi connectivity index (χ0) is 20.6. The van der Waals surface area contributed by atoms with Crippen molar-refractivity contribution < 1.29 is 19.4 Å². The number of hydrogen-bond donors (Lipinski definition) is 1. The van der Waals surface area contributed by atoms with Crippen molar-refractivity contribution in [2.75, 3.05) is 45.1 Å². The van der Waals surface area contributed by atoms with E-state index in [9.17, 15) is 14.7 Å². The molecule has 2 aromatic rings. The minimum atomic E-state index is -1.78. The number of fused-ring (bicyclic) bond motifs is 1. The zero-order valence-electron chi connectivity index (χ0n) is 16.7. The molecule has 7 heteroatoms. The summed E-state index contributed by atoms with van der Waals surface area (Å²) in [5, 5.41) is 11.2. The maximum Gasteiger partial charge on any atom is 0.260 e. The average molecular weight is 383 g/mol. The largest absolute Gasteiger partial charge is 0.497 e. The summed E-state index contributed by atoms with van der Waals surface area (Å²) in [4.78, 5) is 31.4. The minimum Gasteiger partial charge on any atom is -0.497 e. The Labute approximate surface area is 164 Å². The van der Waals surface area contributed by atoms with Crippen LogP contribution in [0.4, 0.5) is 11.4 Å². The van der Waals surface area contributed by atoms with Crippen molar-refractivity contribution in [3.05, 3.63) is 54.1 Å². The van der Waals surface area contributed by atoms with Crippen LogP contribution < -0.4 is 14.5 Å². The molecule has 1 aliphatic rings. The first-order chi connectivity index (χ1) is 13.3. The third-order valence-electron chi connectivity index (χ3n) is 5.41. The summed E-state index contributed by atoms with van der Waals surface area (Å²) in [6.45, 7) is 0. The summed E-state index contributed by atoms with van der Waals surface area (Å²) in [7, 11) is 8.03. The number of nitrogens with zero attached hydrogens (tertiary/aromatic N) is 3. The number of aliphatic hydroxyl groups excluding tert-OH is 1. The van der Waals surface area contributed by atoms with Crippen LogP contribution in [0.25, 0.3) is 0 Å². The van der Waals surface area contributed by atoms with Gasteiger partial charge in [0, 0.05) is 31.0 Å². The number of carbonyl (C=O) groups excluding carboxylic acids is 2. The van der Waals surface area contributed by atoms with Gasteiger partial charge in [-0.15, -0.1) is 0 Å². The Morgan fingerprint density at radius 3 is 2.29 bits per heavy atom. The van der Waals surface area contributed by atoms with Gasteiger partial charge in [-0.05, 0) is 44.4 Å². The van der Waals surface area contributed by atoms with Crippen LogP contribution in [0.1, 0.15) is 11.7 Å². The van der Waals surface area contributed by atoms with Crippen molar-refractivity contribution in [2.45, 2.75) is 11.6 Å². The molecular formula is C21H25N3O4. The molecule has 0 saturated heterocycles. The van der Waals surface area contributed by atoms with Crippen LogP contribution in [0.2, 0.25) is 0 Å². The van der Waals surface area contributed by atoms with Gasteiger partial charge in [0.15, 0.2) is 0 Å². The Morgan fingerprint density at radius 2 is 1.71 bits per heavy atom. The highest BCUT2D eigenvalue weighted by Gasteiger charge is 2.60. The number of carbonyl (C=O) groups is 2. The van der Waals surface area contributed by atoms with Crippen LogP contribution in [0.5, 0.6) is 5.75 Å². The summed E-state index contributed by atoms with van der Waals surface area (Å²) in [6, 6.07) is 14.0. The second kappa shape index (κ2) is 7.26. The molecule has 2 aromatic carbocycles. The van der Waals surface area contributed by atoms with Crippen molar-refractivity contribution in [1.29, 1.82) is 0 Å².